The van der Waals surface area contributed by atoms with Crippen molar-refractivity contribution in [1.82, 2.24) is 9.55 Å². The molecule has 0 bridgehead atoms. The highest BCUT2D eigenvalue weighted by molar-refractivity contribution is 5.95. The summed E-state index contributed by atoms with van der Waals surface area (Å²) in [6.07, 6.45) is 6.40. The Morgan fingerprint density at radius 1 is 0.885 bits per heavy atom. The van der Waals surface area contributed by atoms with Gasteiger partial charge in [-0.15, -0.1) is 0 Å². The molecule has 7 nitrogen and oxygen atoms in total. The Morgan fingerprint density at radius 2 is 1.42 bits per heavy atom. The van der Waals surface area contributed by atoms with Crippen LogP contribution in [0.3, 0.4) is 0 Å². The van der Waals surface area contributed by atoms with Crippen LogP contribution in [-0.2, 0) is 9.47 Å². The van der Waals surface area contributed by atoms with Gasteiger partial charge in [-0.25, -0.2) is 9.59 Å². The fourth-order valence-electron chi connectivity index (χ4n) is 2.29. The molecule has 1 N–H and O–H groups in total. The van der Waals surface area contributed by atoms with Gasteiger partial charge in [0.05, 0.1) is 19.0 Å². The molecule has 0 aliphatic rings. The predicted octanol–water partition coefficient (Wildman–Crippen LogP) is 3.72. The number of methoxy groups -OCH3 is 1. The van der Waals surface area contributed by atoms with E-state index < -0.39 is 23.1 Å². The summed E-state index contributed by atoms with van der Waals surface area (Å²) in [5.74, 6) is -0.599. The van der Waals surface area contributed by atoms with Crippen LogP contribution in [0.25, 0.3) is 5.69 Å². The largest absolute Gasteiger partial charge is 0.494 e. The number of ether oxygens (including phenoxy) is 3. The topological polar surface area (TPSA) is 82.5 Å². The molecule has 2 aromatic heterocycles. The zero-order valence-corrected chi connectivity index (χ0v) is 16.3. The van der Waals surface area contributed by atoms with E-state index in [4.69, 9.17) is 14.2 Å². The Kier molecular flexibility index (Phi) is 5.21. The third-order valence-electron chi connectivity index (χ3n) is 3.25. The van der Waals surface area contributed by atoms with Gasteiger partial charge in [-0.2, -0.15) is 0 Å². The minimum Gasteiger partial charge on any atom is -0.494 e. The Morgan fingerprint density at radius 3 is 1.92 bits per heavy atom. The molecule has 7 heteroatoms. The summed E-state index contributed by atoms with van der Waals surface area (Å²) in [6, 6.07) is 0. The van der Waals surface area contributed by atoms with E-state index in [0.717, 1.165) is 0 Å². The van der Waals surface area contributed by atoms with E-state index in [1.54, 1.807) is 70.9 Å². The van der Waals surface area contributed by atoms with Crippen LogP contribution in [0.2, 0.25) is 0 Å². The van der Waals surface area contributed by atoms with E-state index in [1.165, 1.54) is 7.11 Å². The number of rotatable bonds is 4. The van der Waals surface area contributed by atoms with Crippen LogP contribution in [0, 0.1) is 0 Å². The molecular formula is C19H26N2O5. The van der Waals surface area contributed by atoms with Crippen molar-refractivity contribution in [3.63, 3.8) is 0 Å². The monoisotopic (exact) mass is 362 g/mol. The lowest BCUT2D eigenvalue weighted by Crippen LogP contribution is -2.24. The van der Waals surface area contributed by atoms with Crippen molar-refractivity contribution in [1.29, 1.82) is 0 Å². The number of nitrogens with zero attached hydrogens (tertiary/aromatic N) is 1. The second-order valence-electron chi connectivity index (χ2n) is 7.91. The Bertz CT molecular complexity index is 803. The average Bonchev–Trinajstić information content (AvgIpc) is 3.09. The second-order valence-corrected chi connectivity index (χ2v) is 7.91. The fourth-order valence-corrected chi connectivity index (χ4v) is 2.29. The summed E-state index contributed by atoms with van der Waals surface area (Å²) in [4.78, 5) is 27.7. The lowest BCUT2D eigenvalue weighted by molar-refractivity contribution is 0.00564. The summed E-state index contributed by atoms with van der Waals surface area (Å²) in [5.41, 5.74) is -0.0545. The van der Waals surface area contributed by atoms with Crippen LogP contribution in [0.1, 0.15) is 62.3 Å². The van der Waals surface area contributed by atoms with Gasteiger partial charge in [-0.3, -0.25) is 0 Å². The summed E-state index contributed by atoms with van der Waals surface area (Å²) in [6.45, 7) is 10.8. The molecule has 0 saturated carbocycles. The number of carbonyl (C=O) groups excluding carboxylic acids is 2. The number of esters is 2. The molecule has 0 atom stereocenters. The van der Waals surface area contributed by atoms with Gasteiger partial charge in [0.1, 0.15) is 22.3 Å². The third kappa shape index (κ3) is 4.68. The molecule has 2 heterocycles. The van der Waals surface area contributed by atoms with E-state index in [0.29, 0.717) is 17.0 Å². The maximum absolute atomic E-state index is 12.4. The Hall–Kier alpha value is -2.70. The van der Waals surface area contributed by atoms with Gasteiger partial charge >= 0.3 is 11.9 Å². The highest BCUT2D eigenvalue weighted by Crippen LogP contribution is 2.27. The van der Waals surface area contributed by atoms with Gasteiger partial charge in [0.25, 0.3) is 0 Å². The van der Waals surface area contributed by atoms with Gasteiger partial charge in [0, 0.05) is 18.6 Å². The van der Waals surface area contributed by atoms with Gasteiger partial charge in [-0.1, -0.05) is 0 Å². The van der Waals surface area contributed by atoms with Gasteiger partial charge in [0.15, 0.2) is 5.75 Å². The molecule has 0 aromatic carbocycles. The molecule has 0 unspecified atom stereocenters. The lowest BCUT2D eigenvalue weighted by Gasteiger charge is -2.19. The van der Waals surface area contributed by atoms with Gasteiger partial charge in [-0.05, 0) is 41.5 Å². The zero-order valence-electron chi connectivity index (χ0n) is 16.3. The summed E-state index contributed by atoms with van der Waals surface area (Å²) in [7, 11) is 1.47. The first-order valence-electron chi connectivity index (χ1n) is 8.31. The smallest absolute Gasteiger partial charge is 0.344 e. The standard InChI is InChI=1S/C19H26N2O5/c1-18(2,3)25-16(22)12-8-20-9-14(12)21-10-13(15(11-21)24-7)17(23)26-19(4,5)6/h8-11,20H,1-7H3. The molecule has 0 fully saturated rings. The van der Waals surface area contributed by atoms with E-state index >= 15 is 0 Å². The van der Waals surface area contributed by atoms with Crippen LogP contribution in [0.4, 0.5) is 0 Å². The fraction of sp³-hybridized carbons (Fsp3) is 0.474. The molecule has 26 heavy (non-hydrogen) atoms. The van der Waals surface area contributed by atoms with E-state index in [9.17, 15) is 9.59 Å². The summed E-state index contributed by atoms with van der Waals surface area (Å²) in [5, 5.41) is 0. The van der Waals surface area contributed by atoms with Crippen LogP contribution in [0.5, 0.6) is 5.75 Å². The normalized spacial score (nSPS) is 12.0. The number of nitrogens with one attached hydrogen (secondary N) is 1. The van der Waals surface area contributed by atoms with Gasteiger partial charge in [0.2, 0.25) is 0 Å². The predicted molar refractivity (Wildman–Crippen MR) is 97.0 cm³/mol. The van der Waals surface area contributed by atoms with Crippen molar-refractivity contribution in [2.75, 3.05) is 7.11 Å². The number of aromatic amines is 1. The van der Waals surface area contributed by atoms with Crippen molar-refractivity contribution < 1.29 is 23.8 Å². The first-order valence-corrected chi connectivity index (χ1v) is 8.31. The Labute approximate surface area is 153 Å². The molecule has 0 aliphatic carbocycles. The van der Waals surface area contributed by atoms with Crippen LogP contribution >= 0.6 is 0 Å². The van der Waals surface area contributed by atoms with Gasteiger partial charge < -0.3 is 23.8 Å². The number of hydrogen-bond donors (Lipinski definition) is 1. The zero-order chi connectivity index (χ0) is 19.7. The van der Waals surface area contributed by atoms with E-state index in [2.05, 4.69) is 4.98 Å². The average molecular weight is 362 g/mol. The quantitative estimate of drug-likeness (QED) is 0.838. The van der Waals surface area contributed by atoms with Crippen LogP contribution in [0.15, 0.2) is 24.8 Å². The minimum absolute atomic E-state index is 0.277. The number of aromatic nitrogens is 2. The van der Waals surface area contributed by atoms with E-state index in [1.807, 2.05) is 0 Å². The molecular weight excluding hydrogens is 336 g/mol. The SMILES string of the molecule is COc1cn(-c2c[nH]cc2C(=O)OC(C)(C)C)cc1C(=O)OC(C)(C)C. The summed E-state index contributed by atoms with van der Waals surface area (Å²) >= 11 is 0. The molecule has 2 rings (SSSR count). The Balaban J connectivity index is 2.38. The molecule has 0 radical (unpaired) electrons. The number of H-pyrrole nitrogens is 1. The molecule has 142 valence electrons. The first kappa shape index (κ1) is 19.6. The van der Waals surface area contributed by atoms with Crippen molar-refractivity contribution in [2.24, 2.45) is 0 Å². The number of carbonyl (C=O) groups is 2. The third-order valence-corrected chi connectivity index (χ3v) is 3.25. The maximum Gasteiger partial charge on any atom is 0.344 e. The second kappa shape index (κ2) is 6.90. The van der Waals surface area contributed by atoms with Crippen LogP contribution in [-0.4, -0.2) is 39.8 Å². The first-order chi connectivity index (χ1) is 11.9. The lowest BCUT2D eigenvalue weighted by atomic mass is 10.2. The minimum atomic E-state index is -0.625. The number of hydrogen-bond acceptors (Lipinski definition) is 5. The highest BCUT2D eigenvalue weighted by Gasteiger charge is 2.25. The highest BCUT2D eigenvalue weighted by atomic mass is 16.6. The molecule has 0 spiro atoms. The molecule has 0 saturated heterocycles. The summed E-state index contributed by atoms with van der Waals surface area (Å²) < 4.78 is 17.8. The molecule has 0 amide bonds. The van der Waals surface area contributed by atoms with Crippen molar-refractivity contribution in [3.8, 4) is 11.4 Å². The van der Waals surface area contributed by atoms with E-state index in [-0.39, 0.29) is 5.56 Å². The van der Waals surface area contributed by atoms with Crippen molar-refractivity contribution in [3.05, 3.63) is 35.9 Å². The van der Waals surface area contributed by atoms with Crippen molar-refractivity contribution >= 4 is 11.9 Å². The van der Waals surface area contributed by atoms with Crippen LogP contribution < -0.4 is 4.74 Å². The maximum atomic E-state index is 12.4. The molecule has 0 aliphatic heterocycles. The molecule has 2 aromatic rings. The van der Waals surface area contributed by atoms with Crippen molar-refractivity contribution in [2.45, 2.75) is 52.7 Å².